The van der Waals surface area contributed by atoms with Crippen molar-refractivity contribution in [3.8, 4) is 11.5 Å². The lowest BCUT2D eigenvalue weighted by molar-refractivity contribution is 0.0527. The Kier molecular flexibility index (Phi) is 4.23. The maximum atomic E-state index is 13.8. The topological polar surface area (TPSA) is 78.6 Å². The second kappa shape index (κ2) is 5.92. The van der Waals surface area contributed by atoms with Gasteiger partial charge in [-0.1, -0.05) is 17.7 Å². The van der Waals surface area contributed by atoms with Crippen molar-refractivity contribution in [1.82, 2.24) is 4.98 Å². The van der Waals surface area contributed by atoms with Crippen LogP contribution in [0.2, 0.25) is 5.02 Å². The molecule has 1 aromatic heterocycles. The summed E-state index contributed by atoms with van der Waals surface area (Å²) in [5.74, 6) is -3.38. The molecule has 0 unspecified atom stereocenters. The maximum absolute atomic E-state index is 13.8. The third-order valence-electron chi connectivity index (χ3n) is 2.55. The summed E-state index contributed by atoms with van der Waals surface area (Å²) in [5, 5.41) is 0.0177. The van der Waals surface area contributed by atoms with E-state index in [-0.39, 0.29) is 16.5 Å². The van der Waals surface area contributed by atoms with Gasteiger partial charge in [0.15, 0.2) is 0 Å². The van der Waals surface area contributed by atoms with Crippen molar-refractivity contribution >= 4 is 23.5 Å². The number of carbonyl (C=O) groups excluding carboxylic acids is 2. The number of aromatic nitrogens is 1. The van der Waals surface area contributed by atoms with E-state index in [4.69, 9.17) is 16.0 Å². The zero-order chi connectivity index (χ0) is 15.6. The third-order valence-corrected chi connectivity index (χ3v) is 2.87. The molecule has 0 aliphatic carbocycles. The van der Waals surface area contributed by atoms with Crippen LogP contribution in [-0.2, 0) is 9.47 Å². The molecule has 0 atom stereocenters. The lowest BCUT2D eigenvalue weighted by Gasteiger charge is -2.00. The number of rotatable bonds is 3. The molecule has 1 aromatic carbocycles. The van der Waals surface area contributed by atoms with Gasteiger partial charge in [-0.15, -0.1) is 0 Å². The number of hydrogen-bond acceptors (Lipinski definition) is 6. The van der Waals surface area contributed by atoms with Crippen LogP contribution in [-0.4, -0.2) is 31.1 Å². The Morgan fingerprint density at radius 2 is 1.90 bits per heavy atom. The van der Waals surface area contributed by atoms with Crippen molar-refractivity contribution in [2.24, 2.45) is 0 Å². The zero-order valence-corrected chi connectivity index (χ0v) is 11.7. The third kappa shape index (κ3) is 2.73. The largest absolute Gasteiger partial charge is 0.464 e. The average Bonchev–Trinajstić information content (AvgIpc) is 2.90. The van der Waals surface area contributed by atoms with E-state index >= 15 is 0 Å². The molecule has 21 heavy (non-hydrogen) atoms. The number of ether oxygens (including phenoxy) is 2. The molecule has 1 heterocycles. The molecule has 0 aliphatic heterocycles. The predicted molar refractivity (Wildman–Crippen MR) is 69.6 cm³/mol. The fourth-order valence-electron chi connectivity index (χ4n) is 1.60. The molecule has 0 N–H and O–H groups in total. The summed E-state index contributed by atoms with van der Waals surface area (Å²) in [6, 6.07) is 3.95. The first-order chi connectivity index (χ1) is 9.99. The minimum absolute atomic E-state index is 0.0177. The van der Waals surface area contributed by atoms with Gasteiger partial charge in [0.05, 0.1) is 24.8 Å². The van der Waals surface area contributed by atoms with Crippen LogP contribution in [0.4, 0.5) is 4.39 Å². The van der Waals surface area contributed by atoms with Gasteiger partial charge in [0, 0.05) is 0 Å². The monoisotopic (exact) mass is 313 g/mol. The quantitative estimate of drug-likeness (QED) is 0.811. The fourth-order valence-corrected chi connectivity index (χ4v) is 1.84. The second-order valence-corrected chi connectivity index (χ2v) is 4.18. The molecule has 0 fully saturated rings. The number of halogens is 2. The summed E-state index contributed by atoms with van der Waals surface area (Å²) >= 11 is 5.88. The highest BCUT2D eigenvalue weighted by Gasteiger charge is 2.29. The molecule has 2 aromatic rings. The van der Waals surface area contributed by atoms with E-state index in [0.29, 0.717) is 0 Å². The van der Waals surface area contributed by atoms with Gasteiger partial charge >= 0.3 is 11.9 Å². The Bertz CT molecular complexity index is 659. The van der Waals surface area contributed by atoms with Gasteiger partial charge in [-0.3, -0.25) is 0 Å². The van der Waals surface area contributed by atoms with Crippen LogP contribution in [0.5, 0.6) is 0 Å². The summed E-state index contributed by atoms with van der Waals surface area (Å²) in [6.07, 6.45) is 0. The van der Waals surface area contributed by atoms with Crippen molar-refractivity contribution in [3.05, 3.63) is 40.5 Å². The van der Waals surface area contributed by atoms with E-state index < -0.39 is 29.2 Å². The van der Waals surface area contributed by atoms with Crippen molar-refractivity contribution in [1.29, 1.82) is 0 Å². The molecule has 6 nitrogen and oxygen atoms in total. The molecular formula is C13H9ClFNO5. The number of esters is 2. The highest BCUT2D eigenvalue weighted by molar-refractivity contribution is 6.33. The van der Waals surface area contributed by atoms with Gasteiger partial charge < -0.3 is 13.9 Å². The SMILES string of the molecule is COC(=O)c1nc(-c2c(F)cccc2Cl)oc1C(=O)OC. The van der Waals surface area contributed by atoms with Gasteiger partial charge in [-0.25, -0.2) is 19.0 Å². The van der Waals surface area contributed by atoms with Gasteiger partial charge in [0.2, 0.25) is 17.3 Å². The molecule has 0 saturated heterocycles. The van der Waals surface area contributed by atoms with Crippen molar-refractivity contribution in [3.63, 3.8) is 0 Å². The first-order valence-electron chi connectivity index (χ1n) is 5.61. The number of methoxy groups -OCH3 is 2. The molecular weight excluding hydrogens is 305 g/mol. The summed E-state index contributed by atoms with van der Waals surface area (Å²) in [7, 11) is 2.20. The van der Waals surface area contributed by atoms with Crippen LogP contribution in [0.15, 0.2) is 22.6 Å². The maximum Gasteiger partial charge on any atom is 0.376 e. The Morgan fingerprint density at radius 3 is 2.48 bits per heavy atom. The smallest absolute Gasteiger partial charge is 0.376 e. The highest BCUT2D eigenvalue weighted by Crippen LogP contribution is 2.31. The molecule has 8 heteroatoms. The van der Waals surface area contributed by atoms with Crippen molar-refractivity contribution in [2.75, 3.05) is 14.2 Å². The number of hydrogen-bond donors (Lipinski definition) is 0. The second-order valence-electron chi connectivity index (χ2n) is 3.78. The van der Waals surface area contributed by atoms with Crippen LogP contribution >= 0.6 is 11.6 Å². The summed E-state index contributed by atoms with van der Waals surface area (Å²) in [6.45, 7) is 0. The van der Waals surface area contributed by atoms with E-state index in [1.807, 2.05) is 0 Å². The zero-order valence-electron chi connectivity index (χ0n) is 11.0. The van der Waals surface area contributed by atoms with Crippen LogP contribution in [0.1, 0.15) is 21.0 Å². The van der Waals surface area contributed by atoms with E-state index in [1.165, 1.54) is 12.1 Å². The number of benzene rings is 1. The van der Waals surface area contributed by atoms with Crippen LogP contribution in [0.25, 0.3) is 11.5 Å². The Balaban J connectivity index is 2.64. The molecule has 0 bridgehead atoms. The lowest BCUT2D eigenvalue weighted by atomic mass is 10.2. The Hall–Kier alpha value is -2.41. The van der Waals surface area contributed by atoms with Gasteiger partial charge in [-0.05, 0) is 12.1 Å². The van der Waals surface area contributed by atoms with Gasteiger partial charge in [-0.2, -0.15) is 0 Å². The van der Waals surface area contributed by atoms with Crippen LogP contribution in [0.3, 0.4) is 0 Å². The van der Waals surface area contributed by atoms with Crippen molar-refractivity contribution < 1.29 is 27.9 Å². The Labute approximate surface area is 123 Å². The first-order valence-corrected chi connectivity index (χ1v) is 5.99. The highest BCUT2D eigenvalue weighted by atomic mass is 35.5. The summed E-state index contributed by atoms with van der Waals surface area (Å²) in [5.41, 5.74) is -0.585. The Morgan fingerprint density at radius 1 is 1.24 bits per heavy atom. The standard InChI is InChI=1S/C13H9ClFNO5/c1-19-12(17)9-10(13(18)20-2)21-11(16-9)8-6(14)4-3-5-7(8)15/h3-5H,1-2H3. The molecule has 0 saturated carbocycles. The normalized spacial score (nSPS) is 10.3. The first kappa shape index (κ1) is 15.0. The van der Waals surface area contributed by atoms with Gasteiger partial charge in [0.25, 0.3) is 0 Å². The van der Waals surface area contributed by atoms with E-state index in [2.05, 4.69) is 14.5 Å². The minimum atomic E-state index is -0.943. The van der Waals surface area contributed by atoms with Crippen LogP contribution in [0, 0.1) is 5.82 Å². The van der Waals surface area contributed by atoms with E-state index in [1.54, 1.807) is 0 Å². The van der Waals surface area contributed by atoms with Crippen LogP contribution < -0.4 is 0 Å². The molecule has 0 radical (unpaired) electrons. The van der Waals surface area contributed by atoms with Gasteiger partial charge in [0.1, 0.15) is 5.82 Å². The molecule has 0 spiro atoms. The number of oxazole rings is 1. The number of carbonyl (C=O) groups is 2. The molecule has 0 aliphatic rings. The van der Waals surface area contributed by atoms with Crippen molar-refractivity contribution in [2.45, 2.75) is 0 Å². The molecule has 2 rings (SSSR count). The molecule has 0 amide bonds. The minimum Gasteiger partial charge on any atom is -0.464 e. The lowest BCUT2D eigenvalue weighted by Crippen LogP contribution is -2.10. The number of nitrogens with zero attached hydrogens (tertiary/aromatic N) is 1. The summed E-state index contributed by atoms with van der Waals surface area (Å²) < 4.78 is 27.9. The predicted octanol–water partition coefficient (Wildman–Crippen LogP) is 2.71. The fraction of sp³-hybridized carbons (Fsp3) is 0.154. The summed E-state index contributed by atoms with van der Waals surface area (Å²) in [4.78, 5) is 26.9. The average molecular weight is 314 g/mol. The molecule has 110 valence electrons. The van der Waals surface area contributed by atoms with E-state index in [9.17, 15) is 14.0 Å². The van der Waals surface area contributed by atoms with E-state index in [0.717, 1.165) is 20.3 Å².